The maximum Gasteiger partial charge on any atom is 0.389 e. The van der Waals surface area contributed by atoms with Gasteiger partial charge < -0.3 is 10.1 Å². The van der Waals surface area contributed by atoms with Crippen molar-refractivity contribution >= 4 is 5.82 Å². The van der Waals surface area contributed by atoms with Gasteiger partial charge in [0.2, 0.25) is 0 Å². The van der Waals surface area contributed by atoms with Gasteiger partial charge in [-0.3, -0.25) is 0 Å². The molecule has 1 aromatic carbocycles. The Morgan fingerprint density at radius 1 is 1.47 bits per heavy atom. The van der Waals surface area contributed by atoms with Crippen LogP contribution < -0.4 is 0 Å². The zero-order chi connectivity index (χ0) is 12.4. The minimum Gasteiger partial charge on any atom is -0.358 e. The predicted molar refractivity (Wildman–Crippen MR) is 59.1 cm³/mol. The van der Waals surface area contributed by atoms with Gasteiger partial charge in [-0.25, -0.2) is 4.39 Å². The highest BCUT2D eigenvalue weighted by atomic mass is 19.1. The van der Waals surface area contributed by atoms with E-state index in [1.807, 2.05) is 0 Å². The highest BCUT2D eigenvalue weighted by Gasteiger charge is 2.11. The fraction of sp³-hybridized carbons (Fsp3) is 0.182. The van der Waals surface area contributed by atoms with Crippen molar-refractivity contribution in [1.29, 1.82) is 0 Å². The topological polar surface area (TPSA) is 61.0 Å². The summed E-state index contributed by atoms with van der Waals surface area (Å²) in [6, 6.07) is 6.15. The van der Waals surface area contributed by atoms with E-state index in [0.717, 1.165) is 0 Å². The molecule has 1 aromatic heterocycles. The van der Waals surface area contributed by atoms with Crippen LogP contribution in [0.1, 0.15) is 11.1 Å². The standard InChI is InChI=1S/C11H10FN3O2/c1-8-2-3-9(6-10(8)12)7-14-5-4-11(13-14)15(16)17/h2-6H,7H2,1H3. The molecule has 5 nitrogen and oxygen atoms in total. The van der Waals surface area contributed by atoms with Gasteiger partial charge in [0.25, 0.3) is 0 Å². The molecule has 2 rings (SSSR count). The highest BCUT2D eigenvalue weighted by molar-refractivity contribution is 5.24. The summed E-state index contributed by atoms with van der Waals surface area (Å²) in [6.07, 6.45) is 1.50. The molecule has 0 atom stereocenters. The minimum absolute atomic E-state index is 0.211. The number of rotatable bonds is 3. The number of aryl methyl sites for hydroxylation is 1. The first-order valence-electron chi connectivity index (χ1n) is 4.99. The summed E-state index contributed by atoms with van der Waals surface area (Å²) < 4.78 is 14.7. The van der Waals surface area contributed by atoms with E-state index in [1.54, 1.807) is 19.1 Å². The van der Waals surface area contributed by atoms with Crippen molar-refractivity contribution in [2.75, 3.05) is 0 Å². The van der Waals surface area contributed by atoms with Crippen molar-refractivity contribution in [1.82, 2.24) is 9.78 Å². The van der Waals surface area contributed by atoms with Crippen LogP contribution in [0.5, 0.6) is 0 Å². The summed E-state index contributed by atoms with van der Waals surface area (Å²) in [7, 11) is 0. The molecule has 6 heteroatoms. The van der Waals surface area contributed by atoms with Crippen LogP contribution >= 0.6 is 0 Å². The molecule has 0 unspecified atom stereocenters. The first-order chi connectivity index (χ1) is 8.06. The summed E-state index contributed by atoms with van der Waals surface area (Å²) in [5.41, 5.74) is 1.28. The first kappa shape index (κ1) is 11.3. The Hall–Kier alpha value is -2.24. The number of hydrogen-bond acceptors (Lipinski definition) is 3. The molecule has 88 valence electrons. The summed E-state index contributed by atoms with van der Waals surface area (Å²) in [5.74, 6) is -0.498. The molecular weight excluding hydrogens is 225 g/mol. The van der Waals surface area contributed by atoms with E-state index in [0.29, 0.717) is 17.7 Å². The van der Waals surface area contributed by atoms with E-state index in [2.05, 4.69) is 5.10 Å². The molecule has 0 aliphatic rings. The molecule has 0 spiro atoms. The van der Waals surface area contributed by atoms with Gasteiger partial charge in [-0.2, -0.15) is 4.68 Å². The molecule has 2 aromatic rings. The molecule has 0 N–H and O–H groups in total. The smallest absolute Gasteiger partial charge is 0.358 e. The lowest BCUT2D eigenvalue weighted by atomic mass is 10.1. The van der Waals surface area contributed by atoms with Crippen LogP contribution in [0.2, 0.25) is 0 Å². The Morgan fingerprint density at radius 2 is 2.24 bits per heavy atom. The van der Waals surface area contributed by atoms with Crippen LogP contribution in [-0.4, -0.2) is 14.7 Å². The fourth-order valence-electron chi connectivity index (χ4n) is 1.46. The molecule has 0 saturated heterocycles. The van der Waals surface area contributed by atoms with Crippen molar-refractivity contribution in [3.8, 4) is 0 Å². The van der Waals surface area contributed by atoms with Gasteiger partial charge in [-0.05, 0) is 29.0 Å². The molecule has 0 amide bonds. The zero-order valence-corrected chi connectivity index (χ0v) is 9.13. The van der Waals surface area contributed by atoms with Crippen molar-refractivity contribution in [2.45, 2.75) is 13.5 Å². The van der Waals surface area contributed by atoms with Crippen molar-refractivity contribution < 1.29 is 9.31 Å². The molecule has 0 saturated carbocycles. The van der Waals surface area contributed by atoms with Gasteiger partial charge in [0.05, 0.1) is 23.9 Å². The summed E-state index contributed by atoms with van der Waals surface area (Å²) in [5, 5.41) is 14.2. The fourth-order valence-corrected chi connectivity index (χ4v) is 1.46. The van der Waals surface area contributed by atoms with E-state index in [4.69, 9.17) is 0 Å². The number of hydrogen-bond donors (Lipinski definition) is 0. The van der Waals surface area contributed by atoms with Gasteiger partial charge in [0.1, 0.15) is 5.82 Å². The molecule has 0 aliphatic heterocycles. The normalized spacial score (nSPS) is 10.5. The van der Waals surface area contributed by atoms with Crippen LogP contribution in [0.25, 0.3) is 0 Å². The third kappa shape index (κ3) is 2.47. The SMILES string of the molecule is Cc1ccc(Cn2ccc([N+](=O)[O-])n2)cc1F. The van der Waals surface area contributed by atoms with Crippen molar-refractivity contribution in [2.24, 2.45) is 0 Å². The summed E-state index contributed by atoms with van der Waals surface area (Å²) in [4.78, 5) is 9.87. The average molecular weight is 235 g/mol. The Kier molecular flexibility index (Phi) is 2.86. The van der Waals surface area contributed by atoms with Crippen LogP contribution in [-0.2, 0) is 6.54 Å². The monoisotopic (exact) mass is 235 g/mol. The Labute approximate surface area is 96.6 Å². The second-order valence-electron chi connectivity index (χ2n) is 3.71. The van der Waals surface area contributed by atoms with E-state index in [-0.39, 0.29) is 11.6 Å². The highest BCUT2D eigenvalue weighted by Crippen LogP contribution is 2.12. The Bertz CT molecular complexity index is 566. The van der Waals surface area contributed by atoms with Crippen LogP contribution in [0.4, 0.5) is 10.2 Å². The second-order valence-corrected chi connectivity index (χ2v) is 3.71. The largest absolute Gasteiger partial charge is 0.389 e. The summed E-state index contributed by atoms with van der Waals surface area (Å²) >= 11 is 0. The van der Waals surface area contributed by atoms with Crippen molar-refractivity contribution in [3.63, 3.8) is 0 Å². The molecule has 0 radical (unpaired) electrons. The molecule has 0 fully saturated rings. The lowest BCUT2D eigenvalue weighted by Crippen LogP contribution is -2.02. The second kappa shape index (κ2) is 4.32. The first-order valence-corrected chi connectivity index (χ1v) is 4.99. The van der Waals surface area contributed by atoms with Crippen LogP contribution in [0, 0.1) is 22.9 Å². The van der Waals surface area contributed by atoms with E-state index < -0.39 is 4.92 Å². The third-order valence-electron chi connectivity index (χ3n) is 2.39. The molecule has 0 aliphatic carbocycles. The van der Waals surface area contributed by atoms with E-state index in [1.165, 1.54) is 23.0 Å². The summed E-state index contributed by atoms with van der Waals surface area (Å²) in [6.45, 7) is 1.99. The van der Waals surface area contributed by atoms with E-state index in [9.17, 15) is 14.5 Å². The Balaban J connectivity index is 2.19. The van der Waals surface area contributed by atoms with E-state index >= 15 is 0 Å². The lowest BCUT2D eigenvalue weighted by molar-refractivity contribution is -0.389. The maximum atomic E-state index is 13.3. The molecular formula is C11H10FN3O2. The molecule has 1 heterocycles. The Morgan fingerprint density at radius 3 is 2.82 bits per heavy atom. The van der Waals surface area contributed by atoms with Gasteiger partial charge in [0, 0.05) is 0 Å². The zero-order valence-electron chi connectivity index (χ0n) is 9.13. The quantitative estimate of drug-likeness (QED) is 0.605. The maximum absolute atomic E-state index is 13.3. The number of nitrogens with zero attached hydrogens (tertiary/aromatic N) is 3. The van der Waals surface area contributed by atoms with Gasteiger partial charge in [-0.15, -0.1) is 0 Å². The van der Waals surface area contributed by atoms with Crippen molar-refractivity contribution in [3.05, 3.63) is 57.5 Å². The van der Waals surface area contributed by atoms with Crippen LogP contribution in [0.3, 0.4) is 0 Å². The van der Waals surface area contributed by atoms with Gasteiger partial charge >= 0.3 is 5.82 Å². The third-order valence-corrected chi connectivity index (χ3v) is 2.39. The van der Waals surface area contributed by atoms with Gasteiger partial charge in [0.15, 0.2) is 0 Å². The number of aromatic nitrogens is 2. The molecule has 0 bridgehead atoms. The lowest BCUT2D eigenvalue weighted by Gasteiger charge is -2.01. The predicted octanol–water partition coefficient (Wildman–Crippen LogP) is 2.29. The van der Waals surface area contributed by atoms with Crippen LogP contribution in [0.15, 0.2) is 30.5 Å². The minimum atomic E-state index is -0.563. The molecule has 17 heavy (non-hydrogen) atoms. The van der Waals surface area contributed by atoms with Gasteiger partial charge in [-0.1, -0.05) is 12.1 Å². The number of nitro groups is 1. The average Bonchev–Trinajstić information content (AvgIpc) is 2.72. The number of halogens is 1. The number of benzene rings is 1.